The van der Waals surface area contributed by atoms with Crippen LogP contribution in [0.15, 0.2) is 6.07 Å². The van der Waals surface area contributed by atoms with Gasteiger partial charge in [0.1, 0.15) is 0 Å². The molecule has 2 aromatic carbocycles. The third-order valence-electron chi connectivity index (χ3n) is 7.88. The fraction of sp³-hybridized carbons (Fsp3) is 0.393. The zero-order chi connectivity index (χ0) is 22.2. The van der Waals surface area contributed by atoms with E-state index in [4.69, 9.17) is 4.98 Å². The summed E-state index contributed by atoms with van der Waals surface area (Å²) in [5.41, 5.74) is 18.5. The summed E-state index contributed by atoms with van der Waals surface area (Å²) in [6, 6.07) is 2.35. The summed E-state index contributed by atoms with van der Waals surface area (Å²) >= 11 is 0. The highest BCUT2D eigenvalue weighted by molar-refractivity contribution is 6.15. The van der Waals surface area contributed by atoms with Crippen LogP contribution in [0.2, 0.25) is 0 Å². The first-order valence-corrected chi connectivity index (χ1v) is 10.9. The van der Waals surface area contributed by atoms with Crippen molar-refractivity contribution >= 4 is 21.8 Å². The van der Waals surface area contributed by atoms with Gasteiger partial charge in [-0.25, -0.2) is 0 Å². The van der Waals surface area contributed by atoms with Crippen LogP contribution in [0.4, 0.5) is 0 Å². The van der Waals surface area contributed by atoms with E-state index >= 15 is 0 Å². The summed E-state index contributed by atoms with van der Waals surface area (Å²) in [5, 5.41) is 2.80. The minimum atomic E-state index is 1.13. The van der Waals surface area contributed by atoms with Crippen molar-refractivity contribution in [3.8, 4) is 11.3 Å². The van der Waals surface area contributed by atoms with Crippen LogP contribution in [0.3, 0.4) is 0 Å². The second-order valence-corrected chi connectivity index (χ2v) is 9.29. The molecule has 4 aromatic rings. The van der Waals surface area contributed by atoms with Crippen LogP contribution in [0.25, 0.3) is 33.1 Å². The largest absolute Gasteiger partial charge is 0.343 e. The molecule has 30 heavy (non-hydrogen) atoms. The summed E-state index contributed by atoms with van der Waals surface area (Å²) in [4.78, 5) is 5.06. The van der Waals surface area contributed by atoms with Gasteiger partial charge in [0.15, 0.2) is 0 Å². The average molecular weight is 399 g/mol. The molecule has 0 N–H and O–H groups in total. The number of aromatic nitrogens is 2. The van der Waals surface area contributed by atoms with Crippen LogP contribution in [-0.4, -0.2) is 9.55 Å². The van der Waals surface area contributed by atoms with Crippen molar-refractivity contribution in [2.24, 2.45) is 7.05 Å². The molecule has 0 bridgehead atoms. The van der Waals surface area contributed by atoms with Crippen molar-refractivity contribution in [3.63, 3.8) is 0 Å². The highest BCUT2D eigenvalue weighted by atomic mass is 14.9. The zero-order valence-corrected chi connectivity index (χ0v) is 20.5. The summed E-state index contributed by atoms with van der Waals surface area (Å²) in [6.45, 7) is 22.4. The normalized spacial score (nSPS) is 11.8. The molecule has 2 heterocycles. The summed E-state index contributed by atoms with van der Waals surface area (Å²) in [5.74, 6) is 0. The predicted octanol–water partition coefficient (Wildman–Crippen LogP) is 7.48. The fourth-order valence-corrected chi connectivity index (χ4v) is 5.34. The molecular formula is C28H34N2. The number of hydrogen-bond donors (Lipinski definition) is 0. The van der Waals surface area contributed by atoms with E-state index in [0.717, 1.165) is 11.4 Å². The lowest BCUT2D eigenvalue weighted by Gasteiger charge is -2.17. The monoisotopic (exact) mass is 398 g/mol. The SMILES string of the molecule is Cc1nc(-c2cc(C)c3c(c2C)c2c(C)c(C)c(C)c(C)c2n3C)c(C)c(C)c1C. The van der Waals surface area contributed by atoms with Gasteiger partial charge in [0.25, 0.3) is 0 Å². The van der Waals surface area contributed by atoms with Crippen molar-refractivity contribution in [3.05, 3.63) is 61.8 Å². The van der Waals surface area contributed by atoms with Crippen molar-refractivity contribution in [1.82, 2.24) is 9.55 Å². The standard InChI is InChI=1S/C28H34N2/c1-13-12-23(26-19(7)16(4)17(5)22(10)29-26)21(9)25-24-18(6)14(2)15(3)20(8)28(24)30(11)27(13)25/h12H,1-11H3. The number of aryl methyl sites for hydroxylation is 6. The van der Waals surface area contributed by atoms with Crippen LogP contribution in [0, 0.1) is 69.2 Å². The third kappa shape index (κ3) is 2.52. The maximum Gasteiger partial charge on any atom is 0.0740 e. The number of fused-ring (bicyclic) bond motifs is 3. The number of hydrogen-bond acceptors (Lipinski definition) is 1. The topological polar surface area (TPSA) is 17.8 Å². The third-order valence-corrected chi connectivity index (χ3v) is 7.88. The van der Waals surface area contributed by atoms with Crippen LogP contribution < -0.4 is 0 Å². The van der Waals surface area contributed by atoms with E-state index in [1.807, 2.05) is 0 Å². The number of benzene rings is 2. The second kappa shape index (κ2) is 6.70. The smallest absolute Gasteiger partial charge is 0.0740 e. The van der Waals surface area contributed by atoms with E-state index in [9.17, 15) is 0 Å². The molecule has 156 valence electrons. The molecule has 0 fully saturated rings. The molecule has 0 saturated heterocycles. The highest BCUT2D eigenvalue weighted by Gasteiger charge is 2.22. The fourth-order valence-electron chi connectivity index (χ4n) is 5.34. The molecule has 0 saturated carbocycles. The maximum atomic E-state index is 5.06. The predicted molar refractivity (Wildman–Crippen MR) is 131 cm³/mol. The summed E-state index contributed by atoms with van der Waals surface area (Å²) < 4.78 is 2.41. The Hall–Kier alpha value is -2.61. The number of rotatable bonds is 1. The van der Waals surface area contributed by atoms with Crippen LogP contribution in [0.5, 0.6) is 0 Å². The van der Waals surface area contributed by atoms with Gasteiger partial charge < -0.3 is 4.57 Å². The maximum absolute atomic E-state index is 5.06. The molecule has 0 amide bonds. The molecular weight excluding hydrogens is 364 g/mol. The molecule has 0 aliphatic carbocycles. The van der Waals surface area contributed by atoms with Gasteiger partial charge in [-0.15, -0.1) is 0 Å². The average Bonchev–Trinajstić information content (AvgIpc) is 3.02. The number of pyridine rings is 1. The summed E-state index contributed by atoms with van der Waals surface area (Å²) in [6.07, 6.45) is 0. The first-order valence-electron chi connectivity index (χ1n) is 10.9. The van der Waals surface area contributed by atoms with Crippen molar-refractivity contribution in [2.45, 2.75) is 69.2 Å². The second-order valence-electron chi connectivity index (χ2n) is 9.29. The Morgan fingerprint density at radius 3 is 1.73 bits per heavy atom. The Kier molecular flexibility index (Phi) is 4.61. The molecule has 0 aliphatic rings. The van der Waals surface area contributed by atoms with Crippen LogP contribution >= 0.6 is 0 Å². The van der Waals surface area contributed by atoms with Crippen molar-refractivity contribution in [1.29, 1.82) is 0 Å². The van der Waals surface area contributed by atoms with Crippen molar-refractivity contribution in [2.75, 3.05) is 0 Å². The first kappa shape index (κ1) is 20.7. The van der Waals surface area contributed by atoms with Gasteiger partial charge in [-0.2, -0.15) is 0 Å². The Morgan fingerprint density at radius 1 is 0.567 bits per heavy atom. The quantitative estimate of drug-likeness (QED) is 0.325. The van der Waals surface area contributed by atoms with Gasteiger partial charge in [0, 0.05) is 29.1 Å². The zero-order valence-electron chi connectivity index (χ0n) is 20.5. The molecule has 2 nitrogen and oxygen atoms in total. The Balaban J connectivity index is 2.26. The van der Waals surface area contributed by atoms with E-state index in [1.165, 1.54) is 77.4 Å². The van der Waals surface area contributed by atoms with Gasteiger partial charge in [-0.1, -0.05) is 0 Å². The Labute approximate surface area is 181 Å². The van der Waals surface area contributed by atoms with Gasteiger partial charge in [0.05, 0.1) is 16.7 Å². The van der Waals surface area contributed by atoms with E-state index in [2.05, 4.69) is 86.9 Å². The number of nitrogens with zero attached hydrogens (tertiary/aromatic N) is 2. The molecule has 4 rings (SSSR count). The first-order chi connectivity index (χ1) is 14.0. The van der Waals surface area contributed by atoms with Gasteiger partial charge in [-0.3, -0.25) is 4.98 Å². The molecule has 0 radical (unpaired) electrons. The van der Waals surface area contributed by atoms with E-state index < -0.39 is 0 Å². The van der Waals surface area contributed by atoms with E-state index in [0.29, 0.717) is 0 Å². The summed E-state index contributed by atoms with van der Waals surface area (Å²) in [7, 11) is 2.22. The molecule has 0 aliphatic heterocycles. The van der Waals surface area contributed by atoms with Crippen LogP contribution in [-0.2, 0) is 7.05 Å². The lowest BCUT2D eigenvalue weighted by atomic mass is 9.89. The molecule has 2 aromatic heterocycles. The molecule has 0 spiro atoms. The molecule has 2 heteroatoms. The minimum Gasteiger partial charge on any atom is -0.343 e. The lowest BCUT2D eigenvalue weighted by Crippen LogP contribution is -2.01. The Bertz CT molecular complexity index is 1380. The van der Waals surface area contributed by atoms with Crippen molar-refractivity contribution < 1.29 is 0 Å². The highest BCUT2D eigenvalue weighted by Crippen LogP contribution is 2.42. The molecule has 0 atom stereocenters. The van der Waals surface area contributed by atoms with Gasteiger partial charge in [-0.05, 0) is 125 Å². The Morgan fingerprint density at radius 2 is 1.10 bits per heavy atom. The van der Waals surface area contributed by atoms with Gasteiger partial charge >= 0.3 is 0 Å². The lowest BCUT2D eigenvalue weighted by molar-refractivity contribution is 0.997. The van der Waals surface area contributed by atoms with Gasteiger partial charge in [0.2, 0.25) is 0 Å². The minimum absolute atomic E-state index is 1.13. The van der Waals surface area contributed by atoms with E-state index in [-0.39, 0.29) is 0 Å². The molecule has 0 unspecified atom stereocenters. The van der Waals surface area contributed by atoms with E-state index in [1.54, 1.807) is 0 Å². The van der Waals surface area contributed by atoms with Crippen LogP contribution in [0.1, 0.15) is 55.8 Å².